The number of aryl methyl sites for hydroxylation is 1. The summed E-state index contributed by atoms with van der Waals surface area (Å²) in [6, 6.07) is 6.13. The van der Waals surface area contributed by atoms with Gasteiger partial charge in [-0.25, -0.2) is 8.78 Å². The van der Waals surface area contributed by atoms with E-state index in [1.54, 1.807) is 19.1 Å². The highest BCUT2D eigenvalue weighted by Gasteiger charge is 2.61. The average Bonchev–Trinajstić information content (AvgIpc) is 2.79. The standard InChI is InChI=1S/C14H16F2O2/c1-10-6-2-3-7-11(10)14(15,16)13(12(17)18)8-4-5-9-13/h2-3,6-7H,4-5,8-9H2,1H3,(H,17,18). The SMILES string of the molecule is Cc1ccccc1C(F)(F)C1(C(=O)O)CCCC1. The lowest BCUT2D eigenvalue weighted by atomic mass is 9.75. The van der Waals surface area contributed by atoms with Crippen molar-refractivity contribution in [2.24, 2.45) is 5.41 Å². The van der Waals surface area contributed by atoms with Gasteiger partial charge in [0.25, 0.3) is 5.92 Å². The molecule has 1 aromatic rings. The van der Waals surface area contributed by atoms with Crippen molar-refractivity contribution < 1.29 is 18.7 Å². The van der Waals surface area contributed by atoms with Crippen LogP contribution in [0.3, 0.4) is 0 Å². The second-order valence-electron chi connectivity index (χ2n) is 4.98. The Labute approximate surface area is 105 Å². The van der Waals surface area contributed by atoms with Crippen molar-refractivity contribution in [1.29, 1.82) is 0 Å². The second kappa shape index (κ2) is 4.34. The molecule has 18 heavy (non-hydrogen) atoms. The summed E-state index contributed by atoms with van der Waals surface area (Å²) in [6.45, 7) is 1.59. The van der Waals surface area contributed by atoms with Gasteiger partial charge in [0.1, 0.15) is 5.41 Å². The fourth-order valence-corrected chi connectivity index (χ4v) is 2.82. The fraction of sp³-hybridized carbons (Fsp3) is 0.500. The molecule has 0 spiro atoms. The molecule has 1 fully saturated rings. The average molecular weight is 254 g/mol. The minimum atomic E-state index is -3.32. The summed E-state index contributed by atoms with van der Waals surface area (Å²) in [5.41, 5.74) is -1.65. The molecule has 0 bridgehead atoms. The van der Waals surface area contributed by atoms with Gasteiger partial charge in [0, 0.05) is 5.56 Å². The molecule has 0 atom stereocenters. The van der Waals surface area contributed by atoms with Gasteiger partial charge in [0.2, 0.25) is 0 Å². The van der Waals surface area contributed by atoms with E-state index in [1.807, 2.05) is 0 Å². The number of alkyl halides is 2. The van der Waals surface area contributed by atoms with Crippen LogP contribution in [0.1, 0.15) is 36.8 Å². The van der Waals surface area contributed by atoms with Gasteiger partial charge in [-0.3, -0.25) is 4.79 Å². The van der Waals surface area contributed by atoms with E-state index in [9.17, 15) is 18.7 Å². The number of rotatable bonds is 3. The fourth-order valence-electron chi connectivity index (χ4n) is 2.82. The number of carboxylic acids is 1. The van der Waals surface area contributed by atoms with Crippen molar-refractivity contribution in [3.8, 4) is 0 Å². The van der Waals surface area contributed by atoms with Gasteiger partial charge in [0.05, 0.1) is 0 Å². The van der Waals surface area contributed by atoms with Crippen LogP contribution in [0.5, 0.6) is 0 Å². The van der Waals surface area contributed by atoms with Crippen LogP contribution in [-0.2, 0) is 10.7 Å². The van der Waals surface area contributed by atoms with Gasteiger partial charge in [-0.1, -0.05) is 37.1 Å². The first-order valence-corrected chi connectivity index (χ1v) is 6.09. The van der Waals surface area contributed by atoms with E-state index in [4.69, 9.17) is 0 Å². The summed E-state index contributed by atoms with van der Waals surface area (Å²) in [7, 11) is 0. The molecule has 1 aliphatic carbocycles. The minimum absolute atomic E-state index is 0.0453. The van der Waals surface area contributed by atoms with Gasteiger partial charge in [-0.15, -0.1) is 0 Å². The molecule has 1 aliphatic rings. The Morgan fingerprint density at radius 3 is 2.33 bits per heavy atom. The Morgan fingerprint density at radius 1 is 1.28 bits per heavy atom. The third-order valence-electron chi connectivity index (χ3n) is 3.95. The van der Waals surface area contributed by atoms with Gasteiger partial charge >= 0.3 is 5.97 Å². The highest BCUT2D eigenvalue weighted by molar-refractivity contribution is 5.77. The Kier molecular flexibility index (Phi) is 3.13. The highest BCUT2D eigenvalue weighted by Crippen LogP contribution is 2.55. The first kappa shape index (κ1) is 13.0. The molecular formula is C14H16F2O2. The van der Waals surface area contributed by atoms with Crippen LogP contribution in [-0.4, -0.2) is 11.1 Å². The molecule has 2 nitrogen and oxygen atoms in total. The van der Waals surface area contributed by atoms with Crippen LogP contribution in [0.2, 0.25) is 0 Å². The van der Waals surface area contributed by atoms with E-state index >= 15 is 0 Å². The van der Waals surface area contributed by atoms with E-state index in [-0.39, 0.29) is 18.4 Å². The molecule has 4 heteroatoms. The number of hydrogen-bond donors (Lipinski definition) is 1. The van der Waals surface area contributed by atoms with Crippen LogP contribution in [0, 0.1) is 12.3 Å². The van der Waals surface area contributed by atoms with Crippen LogP contribution in [0.4, 0.5) is 8.78 Å². The van der Waals surface area contributed by atoms with Crippen LogP contribution in [0.25, 0.3) is 0 Å². The van der Waals surface area contributed by atoms with Crippen molar-refractivity contribution in [3.05, 3.63) is 35.4 Å². The van der Waals surface area contributed by atoms with Gasteiger partial charge in [-0.05, 0) is 25.3 Å². The lowest BCUT2D eigenvalue weighted by molar-refractivity contribution is -0.182. The summed E-state index contributed by atoms with van der Waals surface area (Å²) in [5, 5.41) is 9.27. The molecular weight excluding hydrogens is 238 g/mol. The third kappa shape index (κ3) is 1.71. The zero-order valence-corrected chi connectivity index (χ0v) is 10.2. The molecule has 0 heterocycles. The predicted molar refractivity (Wildman–Crippen MR) is 63.6 cm³/mol. The van der Waals surface area contributed by atoms with Crippen molar-refractivity contribution in [2.75, 3.05) is 0 Å². The van der Waals surface area contributed by atoms with E-state index in [1.165, 1.54) is 12.1 Å². The monoisotopic (exact) mass is 254 g/mol. The Morgan fingerprint density at radius 2 is 1.83 bits per heavy atom. The molecule has 1 aromatic carbocycles. The second-order valence-corrected chi connectivity index (χ2v) is 4.98. The maximum Gasteiger partial charge on any atom is 0.316 e. The Bertz CT molecular complexity index is 463. The van der Waals surface area contributed by atoms with Gasteiger partial charge in [0.15, 0.2) is 0 Å². The van der Waals surface area contributed by atoms with E-state index < -0.39 is 17.3 Å². The van der Waals surface area contributed by atoms with E-state index in [2.05, 4.69) is 0 Å². The maximum atomic E-state index is 14.6. The molecule has 98 valence electrons. The van der Waals surface area contributed by atoms with Crippen molar-refractivity contribution in [3.63, 3.8) is 0 Å². The lowest BCUT2D eigenvalue weighted by Gasteiger charge is -2.34. The smallest absolute Gasteiger partial charge is 0.316 e. The zero-order chi connectivity index (χ0) is 13.4. The predicted octanol–water partition coefficient (Wildman–Crippen LogP) is 3.73. The normalized spacial score (nSPS) is 18.8. The first-order chi connectivity index (χ1) is 8.42. The molecule has 0 unspecified atom stereocenters. The number of halogens is 2. The van der Waals surface area contributed by atoms with E-state index in [0.717, 1.165) is 0 Å². The zero-order valence-electron chi connectivity index (χ0n) is 10.2. The number of hydrogen-bond acceptors (Lipinski definition) is 1. The van der Waals surface area contributed by atoms with Crippen molar-refractivity contribution >= 4 is 5.97 Å². The number of carboxylic acid groups (broad SMARTS) is 1. The molecule has 0 saturated heterocycles. The minimum Gasteiger partial charge on any atom is -0.481 e. The van der Waals surface area contributed by atoms with Crippen LogP contribution >= 0.6 is 0 Å². The number of carbonyl (C=O) groups is 1. The molecule has 0 aliphatic heterocycles. The number of aliphatic carboxylic acids is 1. The molecule has 0 amide bonds. The van der Waals surface area contributed by atoms with Gasteiger partial charge < -0.3 is 5.11 Å². The Balaban J connectivity index is 2.53. The first-order valence-electron chi connectivity index (χ1n) is 6.09. The summed E-state index contributed by atoms with van der Waals surface area (Å²) < 4.78 is 29.3. The molecule has 0 radical (unpaired) electrons. The van der Waals surface area contributed by atoms with Crippen molar-refractivity contribution in [2.45, 2.75) is 38.5 Å². The van der Waals surface area contributed by atoms with Crippen molar-refractivity contribution in [1.82, 2.24) is 0 Å². The third-order valence-corrected chi connectivity index (χ3v) is 3.95. The van der Waals surface area contributed by atoms with Gasteiger partial charge in [-0.2, -0.15) is 0 Å². The summed E-state index contributed by atoms with van der Waals surface area (Å²) in [6.07, 6.45) is 1.19. The maximum absolute atomic E-state index is 14.6. The topological polar surface area (TPSA) is 37.3 Å². The van der Waals surface area contributed by atoms with E-state index in [0.29, 0.717) is 18.4 Å². The Hall–Kier alpha value is -1.45. The largest absolute Gasteiger partial charge is 0.481 e. The summed E-state index contributed by atoms with van der Waals surface area (Å²) >= 11 is 0. The lowest BCUT2D eigenvalue weighted by Crippen LogP contribution is -2.44. The molecule has 1 N–H and O–H groups in total. The van der Waals surface area contributed by atoms with Crippen LogP contribution < -0.4 is 0 Å². The summed E-state index contributed by atoms with van der Waals surface area (Å²) in [5.74, 6) is -4.70. The quantitative estimate of drug-likeness (QED) is 0.892. The number of benzene rings is 1. The summed E-state index contributed by atoms with van der Waals surface area (Å²) in [4.78, 5) is 11.4. The molecule has 2 rings (SSSR count). The highest BCUT2D eigenvalue weighted by atomic mass is 19.3. The van der Waals surface area contributed by atoms with Crippen LogP contribution in [0.15, 0.2) is 24.3 Å². The molecule has 0 aromatic heterocycles. The molecule has 1 saturated carbocycles.